The molecule has 142 valence electrons. The largest absolute Gasteiger partial charge is 0.370 e. The molecule has 1 unspecified atom stereocenters. The Morgan fingerprint density at radius 2 is 2.00 bits per heavy atom. The number of nitrogens with one attached hydrogen (secondary N) is 1. The van der Waals surface area contributed by atoms with E-state index >= 15 is 0 Å². The third-order valence-corrected chi connectivity index (χ3v) is 5.93. The van der Waals surface area contributed by atoms with Gasteiger partial charge in [0.05, 0.1) is 11.4 Å². The summed E-state index contributed by atoms with van der Waals surface area (Å²) in [6.07, 6.45) is 2.02. The second kappa shape index (κ2) is 9.72. The van der Waals surface area contributed by atoms with Crippen molar-refractivity contribution in [2.75, 3.05) is 13.1 Å². The van der Waals surface area contributed by atoms with E-state index in [2.05, 4.69) is 17.2 Å². The summed E-state index contributed by atoms with van der Waals surface area (Å²) in [4.78, 5) is 4.59. The van der Waals surface area contributed by atoms with E-state index in [0.29, 0.717) is 36.4 Å². The maximum atomic E-state index is 12.7. The molecule has 0 aliphatic carbocycles. The summed E-state index contributed by atoms with van der Waals surface area (Å²) in [6.45, 7) is 7.71. The van der Waals surface area contributed by atoms with Gasteiger partial charge in [-0.2, -0.15) is 4.31 Å². The number of benzene rings is 1. The van der Waals surface area contributed by atoms with E-state index in [1.54, 1.807) is 28.6 Å². The van der Waals surface area contributed by atoms with Crippen LogP contribution in [-0.4, -0.2) is 37.8 Å². The number of hydrogen-bond acceptors (Lipinski definition) is 3. The lowest BCUT2D eigenvalue weighted by Crippen LogP contribution is -2.39. The van der Waals surface area contributed by atoms with Gasteiger partial charge in [0.15, 0.2) is 5.96 Å². The molecule has 1 aliphatic rings. The molecule has 1 saturated heterocycles. The Hall–Kier alpha value is -0.870. The summed E-state index contributed by atoms with van der Waals surface area (Å²) in [6, 6.07) is 7.14. The molecule has 3 N–H and O–H groups in total. The first-order valence-corrected chi connectivity index (χ1v) is 9.88. The van der Waals surface area contributed by atoms with Gasteiger partial charge in [-0.3, -0.25) is 0 Å². The van der Waals surface area contributed by atoms with Crippen LogP contribution in [0.25, 0.3) is 0 Å². The van der Waals surface area contributed by atoms with Gasteiger partial charge in [-0.1, -0.05) is 19.1 Å². The van der Waals surface area contributed by atoms with Crippen molar-refractivity contribution in [1.29, 1.82) is 0 Å². The summed E-state index contributed by atoms with van der Waals surface area (Å²) in [5.41, 5.74) is 6.69. The van der Waals surface area contributed by atoms with Gasteiger partial charge in [-0.05, 0) is 50.3 Å². The molecule has 0 aromatic heterocycles. The summed E-state index contributed by atoms with van der Waals surface area (Å²) in [5, 5.41) is 3.02. The average Bonchev–Trinajstić information content (AvgIpc) is 2.53. The SMILES string of the molecule is CC1CCCN(S(=O)(=O)c2ccc(CN=C(N)NC(C)C)cc2)C1.I. The maximum absolute atomic E-state index is 12.7. The molecule has 0 bridgehead atoms. The fourth-order valence-corrected chi connectivity index (χ4v) is 4.40. The second-order valence-corrected chi connectivity index (χ2v) is 8.69. The number of nitrogens with two attached hydrogens (primary N) is 1. The van der Waals surface area contributed by atoms with Gasteiger partial charge in [0.2, 0.25) is 10.0 Å². The van der Waals surface area contributed by atoms with Crippen LogP contribution >= 0.6 is 24.0 Å². The molecule has 0 spiro atoms. The lowest BCUT2D eigenvalue weighted by molar-refractivity contribution is 0.281. The van der Waals surface area contributed by atoms with E-state index in [0.717, 1.165) is 18.4 Å². The smallest absolute Gasteiger partial charge is 0.243 e. The first-order valence-electron chi connectivity index (χ1n) is 8.44. The standard InChI is InChI=1S/C17H28N4O2S.HI/c1-13(2)20-17(18)19-11-15-6-8-16(9-7-15)24(22,23)21-10-4-5-14(3)12-21;/h6-9,13-14H,4-5,10-12H2,1-3H3,(H3,18,19,20);1H. The maximum Gasteiger partial charge on any atom is 0.243 e. The zero-order valence-electron chi connectivity index (χ0n) is 15.1. The molecule has 0 saturated carbocycles. The quantitative estimate of drug-likeness (QED) is 0.385. The molecular formula is C17H29IN4O2S. The number of rotatable bonds is 5. The van der Waals surface area contributed by atoms with Crippen LogP contribution in [0.4, 0.5) is 0 Å². The fourth-order valence-electron chi connectivity index (χ4n) is 2.80. The number of halogens is 1. The Balaban J connectivity index is 0.00000312. The van der Waals surface area contributed by atoms with Gasteiger partial charge in [0, 0.05) is 19.1 Å². The van der Waals surface area contributed by atoms with Gasteiger partial charge < -0.3 is 11.1 Å². The number of piperidine rings is 1. The molecule has 1 heterocycles. The molecule has 1 aromatic carbocycles. The molecule has 25 heavy (non-hydrogen) atoms. The first-order chi connectivity index (χ1) is 11.3. The third-order valence-electron chi connectivity index (χ3n) is 4.05. The molecule has 1 aliphatic heterocycles. The molecule has 1 atom stereocenters. The molecular weight excluding hydrogens is 451 g/mol. The van der Waals surface area contributed by atoms with Crippen LogP contribution in [0.5, 0.6) is 0 Å². The van der Waals surface area contributed by atoms with Crippen molar-refractivity contribution in [1.82, 2.24) is 9.62 Å². The highest BCUT2D eigenvalue weighted by Gasteiger charge is 2.28. The minimum Gasteiger partial charge on any atom is -0.370 e. The van der Waals surface area contributed by atoms with Crippen LogP contribution in [0.1, 0.15) is 39.2 Å². The number of nitrogens with zero attached hydrogens (tertiary/aromatic N) is 2. The average molecular weight is 480 g/mol. The van der Waals surface area contributed by atoms with Crippen molar-refractivity contribution in [2.24, 2.45) is 16.6 Å². The van der Waals surface area contributed by atoms with E-state index in [1.165, 1.54) is 0 Å². The number of sulfonamides is 1. The highest BCUT2D eigenvalue weighted by molar-refractivity contribution is 14.0. The predicted molar refractivity (Wildman–Crippen MR) is 113 cm³/mol. The zero-order valence-corrected chi connectivity index (χ0v) is 18.3. The monoisotopic (exact) mass is 480 g/mol. The van der Waals surface area contributed by atoms with Gasteiger partial charge in [0.1, 0.15) is 0 Å². The van der Waals surface area contributed by atoms with Gasteiger partial charge >= 0.3 is 0 Å². The van der Waals surface area contributed by atoms with Crippen LogP contribution in [0.3, 0.4) is 0 Å². The van der Waals surface area contributed by atoms with Crippen molar-refractivity contribution in [2.45, 2.75) is 51.1 Å². The molecule has 8 heteroatoms. The fraction of sp³-hybridized carbons (Fsp3) is 0.588. The Morgan fingerprint density at radius 3 is 2.56 bits per heavy atom. The predicted octanol–water partition coefficient (Wildman–Crippen LogP) is 2.54. The minimum absolute atomic E-state index is 0. The highest BCUT2D eigenvalue weighted by Crippen LogP contribution is 2.23. The topological polar surface area (TPSA) is 87.8 Å². The van der Waals surface area contributed by atoms with Gasteiger partial charge in [-0.25, -0.2) is 13.4 Å². The van der Waals surface area contributed by atoms with Gasteiger partial charge in [0.25, 0.3) is 0 Å². The highest BCUT2D eigenvalue weighted by atomic mass is 127. The van der Waals surface area contributed by atoms with Crippen LogP contribution in [0.2, 0.25) is 0 Å². The van der Waals surface area contributed by atoms with Crippen LogP contribution in [-0.2, 0) is 16.6 Å². The lowest BCUT2D eigenvalue weighted by Gasteiger charge is -2.30. The van der Waals surface area contributed by atoms with Crippen molar-refractivity contribution in [3.05, 3.63) is 29.8 Å². The van der Waals surface area contributed by atoms with E-state index in [4.69, 9.17) is 5.73 Å². The Bertz CT molecular complexity index is 674. The summed E-state index contributed by atoms with van der Waals surface area (Å²) in [7, 11) is -3.40. The van der Waals surface area contributed by atoms with E-state index < -0.39 is 10.0 Å². The summed E-state index contributed by atoms with van der Waals surface area (Å²) >= 11 is 0. The number of guanidine groups is 1. The third kappa shape index (κ3) is 6.41. The molecule has 0 radical (unpaired) electrons. The number of hydrogen-bond donors (Lipinski definition) is 2. The Kier molecular flexibility index (Phi) is 8.62. The normalized spacial score (nSPS) is 19.5. The van der Waals surface area contributed by atoms with Crippen LogP contribution < -0.4 is 11.1 Å². The Labute approximate surface area is 168 Å². The molecule has 1 fully saturated rings. The van der Waals surface area contributed by atoms with E-state index in [-0.39, 0.29) is 30.0 Å². The van der Waals surface area contributed by atoms with Crippen molar-refractivity contribution < 1.29 is 8.42 Å². The minimum atomic E-state index is -3.40. The van der Waals surface area contributed by atoms with Crippen molar-refractivity contribution in [3.8, 4) is 0 Å². The first kappa shape index (κ1) is 22.2. The second-order valence-electron chi connectivity index (χ2n) is 6.75. The molecule has 2 rings (SSSR count). The Morgan fingerprint density at radius 1 is 1.36 bits per heavy atom. The molecule has 0 amide bonds. The summed E-state index contributed by atoms with van der Waals surface area (Å²) < 4.78 is 27.0. The van der Waals surface area contributed by atoms with E-state index in [1.807, 2.05) is 13.8 Å². The van der Waals surface area contributed by atoms with Gasteiger partial charge in [-0.15, -0.1) is 24.0 Å². The lowest BCUT2D eigenvalue weighted by atomic mass is 10.0. The molecule has 1 aromatic rings. The van der Waals surface area contributed by atoms with Crippen molar-refractivity contribution >= 4 is 40.0 Å². The van der Waals surface area contributed by atoms with E-state index in [9.17, 15) is 8.42 Å². The number of aliphatic imine (C=N–C) groups is 1. The summed E-state index contributed by atoms with van der Waals surface area (Å²) in [5.74, 6) is 0.808. The van der Waals surface area contributed by atoms with Crippen LogP contribution in [0, 0.1) is 5.92 Å². The van der Waals surface area contributed by atoms with Crippen molar-refractivity contribution in [3.63, 3.8) is 0 Å². The molecule has 6 nitrogen and oxygen atoms in total. The zero-order chi connectivity index (χ0) is 17.7. The van der Waals surface area contributed by atoms with Crippen LogP contribution in [0.15, 0.2) is 34.2 Å².